The standard InChI is InChI=1S/C8H14N2O.ClH/c11-8(6-4-9-5-6)10-7-2-1-3-7;/h6-7,9H,1-5H2,(H,10,11);1H. The van der Waals surface area contributed by atoms with Crippen LogP contribution >= 0.6 is 12.4 Å². The first-order chi connectivity index (χ1) is 5.36. The molecule has 1 amide bonds. The van der Waals surface area contributed by atoms with Gasteiger partial charge in [-0.15, -0.1) is 12.4 Å². The average molecular weight is 191 g/mol. The average Bonchev–Trinajstić information content (AvgIpc) is 1.74. The molecule has 2 N–H and O–H groups in total. The second-order valence-corrected chi connectivity index (χ2v) is 3.49. The summed E-state index contributed by atoms with van der Waals surface area (Å²) < 4.78 is 0. The fourth-order valence-corrected chi connectivity index (χ4v) is 1.35. The third-order valence-corrected chi connectivity index (χ3v) is 2.60. The number of halogens is 1. The van der Waals surface area contributed by atoms with E-state index >= 15 is 0 Å². The van der Waals surface area contributed by atoms with Gasteiger partial charge in [-0.25, -0.2) is 0 Å². The van der Waals surface area contributed by atoms with E-state index in [0.717, 1.165) is 13.1 Å². The summed E-state index contributed by atoms with van der Waals surface area (Å²) in [6.45, 7) is 1.75. The van der Waals surface area contributed by atoms with Crippen LogP contribution in [0.1, 0.15) is 19.3 Å². The maximum atomic E-state index is 11.3. The molecule has 0 aromatic heterocycles. The first-order valence-electron chi connectivity index (χ1n) is 4.37. The van der Waals surface area contributed by atoms with E-state index in [9.17, 15) is 4.79 Å². The van der Waals surface area contributed by atoms with Gasteiger partial charge in [-0.05, 0) is 19.3 Å². The van der Waals surface area contributed by atoms with Gasteiger partial charge in [0.15, 0.2) is 0 Å². The van der Waals surface area contributed by atoms with Crippen LogP contribution in [0.4, 0.5) is 0 Å². The fourth-order valence-electron chi connectivity index (χ4n) is 1.35. The van der Waals surface area contributed by atoms with Crippen LogP contribution < -0.4 is 10.6 Å². The molecule has 1 heterocycles. The Bertz CT molecular complexity index is 166. The molecule has 0 unspecified atom stereocenters. The summed E-state index contributed by atoms with van der Waals surface area (Å²) >= 11 is 0. The molecule has 0 bridgehead atoms. The lowest BCUT2D eigenvalue weighted by atomic mass is 9.92. The van der Waals surface area contributed by atoms with Gasteiger partial charge >= 0.3 is 0 Å². The Hall–Kier alpha value is -0.280. The van der Waals surface area contributed by atoms with Crippen LogP contribution in [0, 0.1) is 5.92 Å². The van der Waals surface area contributed by atoms with Crippen molar-refractivity contribution in [3.8, 4) is 0 Å². The largest absolute Gasteiger partial charge is 0.353 e. The van der Waals surface area contributed by atoms with Gasteiger partial charge < -0.3 is 10.6 Å². The monoisotopic (exact) mass is 190 g/mol. The van der Waals surface area contributed by atoms with Crippen molar-refractivity contribution < 1.29 is 4.79 Å². The first kappa shape index (κ1) is 9.81. The fraction of sp³-hybridized carbons (Fsp3) is 0.875. The molecule has 2 rings (SSSR count). The highest BCUT2D eigenvalue weighted by molar-refractivity contribution is 5.85. The third kappa shape index (κ3) is 1.90. The number of carbonyl (C=O) groups excluding carboxylic acids is 1. The maximum Gasteiger partial charge on any atom is 0.225 e. The van der Waals surface area contributed by atoms with Gasteiger partial charge in [-0.3, -0.25) is 4.79 Å². The smallest absolute Gasteiger partial charge is 0.225 e. The topological polar surface area (TPSA) is 41.1 Å². The van der Waals surface area contributed by atoms with E-state index in [1.807, 2.05) is 0 Å². The molecular weight excluding hydrogens is 176 g/mol. The van der Waals surface area contributed by atoms with Gasteiger partial charge in [0.2, 0.25) is 5.91 Å². The lowest BCUT2D eigenvalue weighted by Crippen LogP contribution is -2.53. The molecule has 0 spiro atoms. The maximum absolute atomic E-state index is 11.3. The van der Waals surface area contributed by atoms with Crippen molar-refractivity contribution in [1.82, 2.24) is 10.6 Å². The van der Waals surface area contributed by atoms with Gasteiger partial charge in [0, 0.05) is 19.1 Å². The number of nitrogens with one attached hydrogen (secondary N) is 2. The number of hydrogen-bond acceptors (Lipinski definition) is 2. The summed E-state index contributed by atoms with van der Waals surface area (Å²) in [4.78, 5) is 11.3. The van der Waals surface area contributed by atoms with Crippen molar-refractivity contribution in [2.24, 2.45) is 5.92 Å². The number of carbonyl (C=O) groups is 1. The number of rotatable bonds is 2. The molecule has 0 atom stereocenters. The Balaban J connectivity index is 0.000000720. The van der Waals surface area contributed by atoms with E-state index in [1.165, 1.54) is 19.3 Å². The van der Waals surface area contributed by atoms with E-state index in [4.69, 9.17) is 0 Å². The zero-order chi connectivity index (χ0) is 7.68. The third-order valence-electron chi connectivity index (χ3n) is 2.60. The van der Waals surface area contributed by atoms with Crippen LogP contribution in [0.3, 0.4) is 0 Å². The highest BCUT2D eigenvalue weighted by Crippen LogP contribution is 2.18. The molecule has 4 heteroatoms. The molecule has 0 aromatic rings. The molecule has 2 fully saturated rings. The summed E-state index contributed by atoms with van der Waals surface area (Å²) in [5, 5.41) is 6.13. The van der Waals surface area contributed by atoms with Crippen molar-refractivity contribution in [3.63, 3.8) is 0 Å². The van der Waals surface area contributed by atoms with E-state index in [0.29, 0.717) is 6.04 Å². The summed E-state index contributed by atoms with van der Waals surface area (Å²) in [6.07, 6.45) is 3.66. The van der Waals surface area contributed by atoms with Gasteiger partial charge in [0.25, 0.3) is 0 Å². The normalized spacial score (nSPS) is 23.3. The molecule has 1 saturated carbocycles. The van der Waals surface area contributed by atoms with Crippen molar-refractivity contribution in [2.75, 3.05) is 13.1 Å². The van der Waals surface area contributed by atoms with E-state index < -0.39 is 0 Å². The van der Waals surface area contributed by atoms with Crippen LogP contribution in [0.15, 0.2) is 0 Å². The highest BCUT2D eigenvalue weighted by Gasteiger charge is 2.28. The molecule has 3 nitrogen and oxygen atoms in total. The second kappa shape index (κ2) is 4.10. The minimum absolute atomic E-state index is 0. The zero-order valence-electron chi connectivity index (χ0n) is 7.01. The Kier molecular flexibility index (Phi) is 3.35. The van der Waals surface area contributed by atoms with Gasteiger partial charge in [-0.2, -0.15) is 0 Å². The quantitative estimate of drug-likeness (QED) is 0.658. The molecule has 0 radical (unpaired) electrons. The van der Waals surface area contributed by atoms with Gasteiger partial charge in [0.1, 0.15) is 0 Å². The number of amides is 1. The summed E-state index contributed by atoms with van der Waals surface area (Å²) in [5.74, 6) is 0.518. The molecule has 1 saturated heterocycles. The molecule has 0 aromatic carbocycles. The molecule has 2 aliphatic rings. The van der Waals surface area contributed by atoms with E-state index in [-0.39, 0.29) is 24.2 Å². The van der Waals surface area contributed by atoms with Crippen LogP contribution in [0.2, 0.25) is 0 Å². The predicted octanol–water partition coefficient (Wildman–Crippen LogP) is 0.296. The van der Waals surface area contributed by atoms with Crippen molar-refractivity contribution in [2.45, 2.75) is 25.3 Å². The van der Waals surface area contributed by atoms with Crippen LogP contribution in [-0.2, 0) is 4.79 Å². The Morgan fingerprint density at radius 1 is 1.33 bits per heavy atom. The van der Waals surface area contributed by atoms with Crippen LogP contribution in [-0.4, -0.2) is 25.0 Å². The summed E-state index contributed by atoms with van der Waals surface area (Å²) in [7, 11) is 0. The SMILES string of the molecule is Cl.O=C(NC1CCC1)C1CNC1. The molecular formula is C8H15ClN2O. The zero-order valence-corrected chi connectivity index (χ0v) is 7.82. The molecule has 12 heavy (non-hydrogen) atoms. The van der Waals surface area contributed by atoms with E-state index in [2.05, 4.69) is 10.6 Å². The predicted molar refractivity (Wildman–Crippen MR) is 49.4 cm³/mol. The summed E-state index contributed by atoms with van der Waals surface area (Å²) in [6, 6.07) is 0.503. The van der Waals surface area contributed by atoms with E-state index in [1.54, 1.807) is 0 Å². The van der Waals surface area contributed by atoms with Crippen molar-refractivity contribution in [3.05, 3.63) is 0 Å². The minimum atomic E-state index is 0. The minimum Gasteiger partial charge on any atom is -0.353 e. The molecule has 1 aliphatic heterocycles. The first-order valence-corrected chi connectivity index (χ1v) is 4.37. The number of hydrogen-bond donors (Lipinski definition) is 2. The molecule has 70 valence electrons. The highest BCUT2D eigenvalue weighted by atomic mass is 35.5. The van der Waals surface area contributed by atoms with Gasteiger partial charge in [-0.1, -0.05) is 0 Å². The second-order valence-electron chi connectivity index (χ2n) is 3.49. The van der Waals surface area contributed by atoms with Crippen molar-refractivity contribution in [1.29, 1.82) is 0 Å². The van der Waals surface area contributed by atoms with Gasteiger partial charge in [0.05, 0.1) is 5.92 Å². The summed E-state index contributed by atoms with van der Waals surface area (Å²) in [5.41, 5.74) is 0. The Morgan fingerprint density at radius 2 is 2.00 bits per heavy atom. The lowest BCUT2D eigenvalue weighted by molar-refractivity contribution is -0.127. The molecule has 1 aliphatic carbocycles. The Morgan fingerprint density at radius 3 is 2.33 bits per heavy atom. The Labute approximate surface area is 78.7 Å². The lowest BCUT2D eigenvalue weighted by Gasteiger charge is -2.31. The van der Waals surface area contributed by atoms with Crippen LogP contribution in [0.5, 0.6) is 0 Å². The van der Waals surface area contributed by atoms with Crippen molar-refractivity contribution >= 4 is 18.3 Å². The van der Waals surface area contributed by atoms with Crippen LogP contribution in [0.25, 0.3) is 0 Å².